The fourth-order valence-electron chi connectivity index (χ4n) is 2.49. The number of ketones is 1. The maximum absolute atomic E-state index is 12.1. The third kappa shape index (κ3) is 1.71. The first-order valence-corrected chi connectivity index (χ1v) is 5.71. The molecule has 0 amide bonds. The van der Waals surface area contributed by atoms with E-state index in [2.05, 4.69) is 5.32 Å². The molecule has 0 aliphatic heterocycles. The van der Waals surface area contributed by atoms with Gasteiger partial charge in [0.05, 0.1) is 0 Å². The van der Waals surface area contributed by atoms with Gasteiger partial charge in [-0.1, -0.05) is 18.6 Å². The van der Waals surface area contributed by atoms with E-state index in [-0.39, 0.29) is 11.5 Å². The van der Waals surface area contributed by atoms with Crippen LogP contribution in [0.2, 0.25) is 0 Å². The van der Waals surface area contributed by atoms with Gasteiger partial charge in [-0.05, 0) is 37.6 Å². The average molecular weight is 219 g/mol. The minimum Gasteiger partial charge on any atom is -0.508 e. The van der Waals surface area contributed by atoms with E-state index in [1.54, 1.807) is 12.1 Å². The lowest BCUT2D eigenvalue weighted by Crippen LogP contribution is -2.49. The topological polar surface area (TPSA) is 49.3 Å². The highest BCUT2D eigenvalue weighted by molar-refractivity contribution is 5.90. The molecular weight excluding hydrogens is 202 g/mol. The molecule has 16 heavy (non-hydrogen) atoms. The number of rotatable bonds is 2. The first-order valence-electron chi connectivity index (χ1n) is 5.71. The van der Waals surface area contributed by atoms with E-state index in [0.717, 1.165) is 24.8 Å². The van der Waals surface area contributed by atoms with E-state index >= 15 is 0 Å². The minimum atomic E-state index is -0.536. The monoisotopic (exact) mass is 219 g/mol. The molecule has 0 unspecified atom stereocenters. The zero-order valence-electron chi connectivity index (χ0n) is 9.49. The molecule has 1 aromatic carbocycles. The van der Waals surface area contributed by atoms with Crippen LogP contribution in [-0.4, -0.2) is 17.9 Å². The third-order valence-corrected chi connectivity index (χ3v) is 3.47. The second-order valence-corrected chi connectivity index (χ2v) is 4.33. The summed E-state index contributed by atoms with van der Waals surface area (Å²) in [4.78, 5) is 12.1. The van der Waals surface area contributed by atoms with Gasteiger partial charge in [-0.2, -0.15) is 0 Å². The number of hydrogen-bond donors (Lipinski definition) is 2. The predicted octanol–water partition coefficient (Wildman–Crippen LogP) is 1.95. The maximum atomic E-state index is 12.1. The van der Waals surface area contributed by atoms with E-state index in [1.165, 1.54) is 0 Å². The van der Waals surface area contributed by atoms with Crippen LogP contribution >= 0.6 is 0 Å². The van der Waals surface area contributed by atoms with Crippen LogP contribution in [0.15, 0.2) is 24.3 Å². The Balaban J connectivity index is 2.40. The maximum Gasteiger partial charge on any atom is 0.157 e. The van der Waals surface area contributed by atoms with Crippen molar-refractivity contribution in [3.63, 3.8) is 0 Å². The van der Waals surface area contributed by atoms with E-state index in [4.69, 9.17) is 0 Å². The molecule has 0 aromatic heterocycles. The van der Waals surface area contributed by atoms with Gasteiger partial charge < -0.3 is 10.4 Å². The van der Waals surface area contributed by atoms with Crippen molar-refractivity contribution in [2.24, 2.45) is 0 Å². The summed E-state index contributed by atoms with van der Waals surface area (Å²) in [6, 6.07) is 6.93. The summed E-state index contributed by atoms with van der Waals surface area (Å²) in [5, 5.41) is 12.4. The van der Waals surface area contributed by atoms with Crippen LogP contribution in [0.5, 0.6) is 5.75 Å². The summed E-state index contributed by atoms with van der Waals surface area (Å²) < 4.78 is 0. The van der Waals surface area contributed by atoms with Crippen molar-refractivity contribution in [1.29, 1.82) is 0 Å². The van der Waals surface area contributed by atoms with Gasteiger partial charge >= 0.3 is 0 Å². The largest absolute Gasteiger partial charge is 0.508 e. The fourth-order valence-corrected chi connectivity index (χ4v) is 2.49. The van der Waals surface area contributed by atoms with Crippen LogP contribution in [0.4, 0.5) is 0 Å². The van der Waals surface area contributed by atoms with Gasteiger partial charge in [-0.15, -0.1) is 0 Å². The van der Waals surface area contributed by atoms with Crippen molar-refractivity contribution < 1.29 is 9.90 Å². The van der Waals surface area contributed by atoms with Crippen molar-refractivity contribution in [3.8, 4) is 5.75 Å². The van der Waals surface area contributed by atoms with Gasteiger partial charge in [0, 0.05) is 6.42 Å². The Morgan fingerprint density at radius 3 is 2.50 bits per heavy atom. The second kappa shape index (κ2) is 4.26. The zero-order valence-corrected chi connectivity index (χ0v) is 9.49. The van der Waals surface area contributed by atoms with E-state index in [0.29, 0.717) is 6.42 Å². The number of carbonyl (C=O) groups is 1. The molecule has 0 radical (unpaired) electrons. The number of phenolic OH excluding ortho intramolecular Hbond substituents is 1. The highest BCUT2D eigenvalue weighted by atomic mass is 16.3. The number of nitrogens with one attached hydrogen (secondary N) is 1. The Kier molecular flexibility index (Phi) is 2.97. The quantitative estimate of drug-likeness (QED) is 0.799. The molecule has 3 nitrogen and oxygen atoms in total. The van der Waals surface area contributed by atoms with Crippen molar-refractivity contribution in [2.45, 2.75) is 31.2 Å². The summed E-state index contributed by atoms with van der Waals surface area (Å²) in [5.41, 5.74) is 0.420. The standard InChI is InChI=1S/C13H17NO2/c1-14-13(9-3-2-4-12(13)16)10-5-7-11(15)8-6-10/h5-8,14-15H,2-4,9H2,1H3/t13-/m0/s1. The smallest absolute Gasteiger partial charge is 0.157 e. The van der Waals surface area contributed by atoms with Crippen molar-refractivity contribution >= 4 is 5.78 Å². The van der Waals surface area contributed by atoms with Gasteiger partial charge in [-0.3, -0.25) is 4.79 Å². The summed E-state index contributed by atoms with van der Waals surface area (Å²) in [7, 11) is 1.83. The van der Waals surface area contributed by atoms with E-state index < -0.39 is 5.54 Å². The van der Waals surface area contributed by atoms with Crippen molar-refractivity contribution in [1.82, 2.24) is 5.32 Å². The molecule has 0 spiro atoms. The van der Waals surface area contributed by atoms with Crippen LogP contribution in [0, 0.1) is 0 Å². The molecule has 2 N–H and O–H groups in total. The van der Waals surface area contributed by atoms with Crippen molar-refractivity contribution in [3.05, 3.63) is 29.8 Å². The van der Waals surface area contributed by atoms with E-state index in [9.17, 15) is 9.90 Å². The van der Waals surface area contributed by atoms with Gasteiger partial charge in [0.25, 0.3) is 0 Å². The molecule has 0 saturated heterocycles. The van der Waals surface area contributed by atoms with E-state index in [1.807, 2.05) is 19.2 Å². The molecule has 1 aliphatic rings. The lowest BCUT2D eigenvalue weighted by Gasteiger charge is -2.36. The molecule has 2 rings (SSSR count). The van der Waals surface area contributed by atoms with Gasteiger partial charge in [-0.25, -0.2) is 0 Å². The number of hydrogen-bond acceptors (Lipinski definition) is 3. The first kappa shape index (κ1) is 11.1. The predicted molar refractivity (Wildman–Crippen MR) is 62.3 cm³/mol. The number of phenols is 1. The number of carbonyl (C=O) groups excluding carboxylic acids is 1. The second-order valence-electron chi connectivity index (χ2n) is 4.33. The number of likely N-dealkylation sites (N-methyl/N-ethyl adjacent to an activating group) is 1. The summed E-state index contributed by atoms with van der Waals surface area (Å²) in [6.07, 6.45) is 3.53. The summed E-state index contributed by atoms with van der Waals surface area (Å²) in [6.45, 7) is 0. The van der Waals surface area contributed by atoms with Crippen LogP contribution in [-0.2, 0) is 10.3 Å². The molecule has 86 valence electrons. The average Bonchev–Trinajstić information content (AvgIpc) is 2.31. The lowest BCUT2D eigenvalue weighted by molar-refractivity contribution is -0.127. The molecule has 1 atom stereocenters. The fraction of sp³-hybridized carbons (Fsp3) is 0.462. The van der Waals surface area contributed by atoms with Gasteiger partial charge in [0.15, 0.2) is 5.78 Å². The van der Waals surface area contributed by atoms with Gasteiger partial charge in [0.2, 0.25) is 0 Å². The molecule has 3 heteroatoms. The Morgan fingerprint density at radius 1 is 1.25 bits per heavy atom. The molecule has 1 aliphatic carbocycles. The first-order chi connectivity index (χ1) is 7.69. The zero-order chi connectivity index (χ0) is 11.6. The Morgan fingerprint density at radius 2 is 1.94 bits per heavy atom. The Labute approximate surface area is 95.5 Å². The Hall–Kier alpha value is -1.35. The molecular formula is C13H17NO2. The van der Waals surface area contributed by atoms with Gasteiger partial charge in [0.1, 0.15) is 11.3 Å². The third-order valence-electron chi connectivity index (χ3n) is 3.47. The normalized spacial score (nSPS) is 25.7. The highest BCUT2D eigenvalue weighted by Crippen LogP contribution is 2.34. The molecule has 1 fully saturated rings. The number of aromatic hydroxyl groups is 1. The molecule has 1 aromatic rings. The molecule has 1 saturated carbocycles. The SMILES string of the molecule is CN[C@]1(c2ccc(O)cc2)CCCCC1=O. The molecule has 0 heterocycles. The van der Waals surface area contributed by atoms with Crippen LogP contribution in [0.1, 0.15) is 31.2 Å². The summed E-state index contributed by atoms with van der Waals surface area (Å²) >= 11 is 0. The van der Waals surface area contributed by atoms with Crippen LogP contribution in [0.3, 0.4) is 0 Å². The summed E-state index contributed by atoms with van der Waals surface area (Å²) in [5.74, 6) is 0.491. The molecule has 0 bridgehead atoms. The Bertz CT molecular complexity index is 385. The minimum absolute atomic E-state index is 0.235. The van der Waals surface area contributed by atoms with Crippen molar-refractivity contribution in [2.75, 3.05) is 7.05 Å². The number of Topliss-reactive ketones (excluding diaryl/α,β-unsaturated/α-hetero) is 1. The highest BCUT2D eigenvalue weighted by Gasteiger charge is 2.39. The lowest BCUT2D eigenvalue weighted by atomic mass is 9.75. The van der Waals surface area contributed by atoms with Crippen LogP contribution < -0.4 is 5.32 Å². The number of benzene rings is 1. The van der Waals surface area contributed by atoms with Crippen LogP contribution in [0.25, 0.3) is 0 Å².